The first kappa shape index (κ1) is 13.4. The second kappa shape index (κ2) is 5.05. The number of carbonyl (C=O) groups is 1. The SMILES string of the molecule is Cc1cc(/C=C2/NC(=S)NC2=O)c(C)n1C1CCCC1. The Morgan fingerprint density at radius 3 is 2.60 bits per heavy atom. The minimum atomic E-state index is -0.152. The summed E-state index contributed by atoms with van der Waals surface area (Å²) in [5.74, 6) is -0.152. The molecule has 1 saturated heterocycles. The van der Waals surface area contributed by atoms with Gasteiger partial charge in [0.05, 0.1) is 0 Å². The van der Waals surface area contributed by atoms with Crippen LogP contribution in [0.4, 0.5) is 0 Å². The van der Waals surface area contributed by atoms with Crippen LogP contribution in [0.3, 0.4) is 0 Å². The molecule has 1 aromatic rings. The van der Waals surface area contributed by atoms with E-state index in [2.05, 4.69) is 35.1 Å². The number of nitrogens with zero attached hydrogens (tertiary/aromatic N) is 1. The van der Waals surface area contributed by atoms with E-state index in [0.29, 0.717) is 16.9 Å². The largest absolute Gasteiger partial charge is 0.346 e. The highest BCUT2D eigenvalue weighted by Crippen LogP contribution is 2.33. The first-order valence-electron chi connectivity index (χ1n) is 7.08. The van der Waals surface area contributed by atoms with Crippen LogP contribution in [-0.2, 0) is 4.79 Å². The lowest BCUT2D eigenvalue weighted by molar-refractivity contribution is -0.115. The average molecular weight is 289 g/mol. The molecule has 2 N–H and O–H groups in total. The average Bonchev–Trinajstić information content (AvgIpc) is 3.04. The van der Waals surface area contributed by atoms with Crippen molar-refractivity contribution >= 4 is 29.3 Å². The Morgan fingerprint density at radius 2 is 2.00 bits per heavy atom. The summed E-state index contributed by atoms with van der Waals surface area (Å²) in [6.07, 6.45) is 7.04. The van der Waals surface area contributed by atoms with Gasteiger partial charge in [0.15, 0.2) is 5.11 Å². The summed E-state index contributed by atoms with van der Waals surface area (Å²) >= 11 is 4.95. The van der Waals surface area contributed by atoms with Gasteiger partial charge in [0.25, 0.3) is 5.91 Å². The van der Waals surface area contributed by atoms with Gasteiger partial charge in [-0.25, -0.2) is 0 Å². The monoisotopic (exact) mass is 289 g/mol. The van der Waals surface area contributed by atoms with Gasteiger partial charge in [-0.2, -0.15) is 0 Å². The van der Waals surface area contributed by atoms with E-state index < -0.39 is 0 Å². The summed E-state index contributed by atoms with van der Waals surface area (Å²) in [6, 6.07) is 2.77. The molecule has 1 aromatic heterocycles. The number of aryl methyl sites for hydroxylation is 1. The molecule has 3 rings (SSSR count). The number of nitrogens with one attached hydrogen (secondary N) is 2. The minimum absolute atomic E-state index is 0.152. The third kappa shape index (κ3) is 2.26. The molecule has 4 nitrogen and oxygen atoms in total. The van der Waals surface area contributed by atoms with Gasteiger partial charge in [0, 0.05) is 17.4 Å². The van der Waals surface area contributed by atoms with Crippen molar-refractivity contribution < 1.29 is 4.79 Å². The number of hydrogen-bond acceptors (Lipinski definition) is 2. The molecule has 106 valence electrons. The van der Waals surface area contributed by atoms with Crippen LogP contribution in [0.2, 0.25) is 0 Å². The Bertz CT molecular complexity index is 609. The van der Waals surface area contributed by atoms with Crippen LogP contribution in [-0.4, -0.2) is 15.6 Å². The first-order chi connectivity index (χ1) is 9.56. The van der Waals surface area contributed by atoms with E-state index in [0.717, 1.165) is 5.56 Å². The Labute approximate surface area is 124 Å². The maximum atomic E-state index is 11.7. The van der Waals surface area contributed by atoms with E-state index >= 15 is 0 Å². The summed E-state index contributed by atoms with van der Waals surface area (Å²) in [7, 11) is 0. The highest BCUT2D eigenvalue weighted by Gasteiger charge is 2.23. The van der Waals surface area contributed by atoms with Gasteiger partial charge in [-0.1, -0.05) is 12.8 Å². The molecule has 1 saturated carbocycles. The Balaban J connectivity index is 1.95. The predicted octanol–water partition coefficient (Wildman–Crippen LogP) is 2.57. The van der Waals surface area contributed by atoms with E-state index in [9.17, 15) is 4.79 Å². The fourth-order valence-electron chi connectivity index (χ4n) is 3.31. The third-order valence-electron chi connectivity index (χ3n) is 4.23. The lowest BCUT2D eigenvalue weighted by Gasteiger charge is -2.17. The second-order valence-corrected chi connectivity index (χ2v) is 6.01. The molecule has 5 heteroatoms. The highest BCUT2D eigenvalue weighted by molar-refractivity contribution is 7.80. The molecular weight excluding hydrogens is 270 g/mol. The summed E-state index contributed by atoms with van der Waals surface area (Å²) in [5, 5.41) is 5.87. The van der Waals surface area contributed by atoms with Crippen LogP contribution in [0, 0.1) is 13.8 Å². The molecule has 1 amide bonds. The molecule has 1 aliphatic carbocycles. The van der Waals surface area contributed by atoms with Crippen LogP contribution in [0.25, 0.3) is 6.08 Å². The van der Waals surface area contributed by atoms with E-state index in [1.807, 2.05) is 6.08 Å². The maximum absolute atomic E-state index is 11.7. The van der Waals surface area contributed by atoms with Crippen LogP contribution in [0.1, 0.15) is 48.7 Å². The van der Waals surface area contributed by atoms with Crippen molar-refractivity contribution in [1.82, 2.24) is 15.2 Å². The molecule has 20 heavy (non-hydrogen) atoms. The third-order valence-corrected chi connectivity index (χ3v) is 4.44. The van der Waals surface area contributed by atoms with E-state index in [1.54, 1.807) is 0 Å². The normalized spacial score (nSPS) is 21.6. The van der Waals surface area contributed by atoms with Crippen molar-refractivity contribution in [2.75, 3.05) is 0 Å². The standard InChI is InChI=1S/C15H19N3OS/c1-9-7-11(8-13-14(19)17-15(20)16-13)10(2)18(9)12-5-3-4-6-12/h7-8,12H,3-6H2,1-2H3,(H2,16,17,19,20)/b13-8+. The number of carbonyl (C=O) groups excluding carboxylic acids is 1. The number of rotatable bonds is 2. The van der Waals surface area contributed by atoms with Gasteiger partial charge < -0.3 is 9.88 Å². The number of amides is 1. The zero-order chi connectivity index (χ0) is 14.3. The molecular formula is C15H19N3OS. The molecule has 0 bridgehead atoms. The van der Waals surface area contributed by atoms with E-state index in [1.165, 1.54) is 37.1 Å². The van der Waals surface area contributed by atoms with Crippen molar-refractivity contribution in [3.05, 3.63) is 28.7 Å². The lowest BCUT2D eigenvalue weighted by Crippen LogP contribution is -2.21. The fourth-order valence-corrected chi connectivity index (χ4v) is 3.51. The zero-order valence-electron chi connectivity index (χ0n) is 11.8. The number of thiocarbonyl (C=S) groups is 1. The van der Waals surface area contributed by atoms with Crippen molar-refractivity contribution in [1.29, 1.82) is 0 Å². The summed E-state index contributed by atoms with van der Waals surface area (Å²) in [4.78, 5) is 11.7. The van der Waals surface area contributed by atoms with Crippen LogP contribution in [0.15, 0.2) is 11.8 Å². The zero-order valence-corrected chi connectivity index (χ0v) is 12.6. The second-order valence-electron chi connectivity index (χ2n) is 5.60. The van der Waals surface area contributed by atoms with Gasteiger partial charge in [-0.15, -0.1) is 0 Å². The van der Waals surface area contributed by atoms with Crippen LogP contribution in [0.5, 0.6) is 0 Å². The molecule has 2 fully saturated rings. The first-order valence-corrected chi connectivity index (χ1v) is 7.49. The molecule has 0 atom stereocenters. The summed E-state index contributed by atoms with van der Waals surface area (Å²) in [6.45, 7) is 4.27. The molecule has 0 spiro atoms. The van der Waals surface area contributed by atoms with Gasteiger partial charge in [-0.3, -0.25) is 10.1 Å². The highest BCUT2D eigenvalue weighted by atomic mass is 32.1. The van der Waals surface area contributed by atoms with Crippen molar-refractivity contribution in [3.8, 4) is 0 Å². The van der Waals surface area contributed by atoms with Gasteiger partial charge >= 0.3 is 0 Å². The van der Waals surface area contributed by atoms with Crippen molar-refractivity contribution in [2.24, 2.45) is 0 Å². The quantitative estimate of drug-likeness (QED) is 0.650. The summed E-state index contributed by atoms with van der Waals surface area (Å²) in [5.41, 5.74) is 4.12. The van der Waals surface area contributed by atoms with Crippen molar-refractivity contribution in [3.63, 3.8) is 0 Å². The molecule has 0 radical (unpaired) electrons. The van der Waals surface area contributed by atoms with Crippen LogP contribution < -0.4 is 10.6 Å². The maximum Gasteiger partial charge on any atom is 0.273 e. The number of aromatic nitrogens is 1. The fraction of sp³-hybridized carbons (Fsp3) is 0.467. The molecule has 1 aliphatic heterocycles. The Kier molecular flexibility index (Phi) is 3.38. The van der Waals surface area contributed by atoms with Gasteiger partial charge in [0.2, 0.25) is 0 Å². The molecule has 2 heterocycles. The molecule has 0 unspecified atom stereocenters. The predicted molar refractivity (Wildman–Crippen MR) is 83.3 cm³/mol. The minimum Gasteiger partial charge on any atom is -0.346 e. The van der Waals surface area contributed by atoms with Crippen molar-refractivity contribution in [2.45, 2.75) is 45.6 Å². The van der Waals surface area contributed by atoms with Gasteiger partial charge in [0.1, 0.15) is 5.70 Å². The number of hydrogen-bond donors (Lipinski definition) is 2. The Hall–Kier alpha value is -1.62. The summed E-state index contributed by atoms with van der Waals surface area (Å²) < 4.78 is 2.42. The smallest absolute Gasteiger partial charge is 0.273 e. The molecule has 0 aromatic carbocycles. The van der Waals surface area contributed by atoms with Gasteiger partial charge in [-0.05, 0) is 56.6 Å². The van der Waals surface area contributed by atoms with E-state index in [4.69, 9.17) is 12.2 Å². The van der Waals surface area contributed by atoms with E-state index in [-0.39, 0.29) is 5.91 Å². The Morgan fingerprint density at radius 1 is 1.30 bits per heavy atom. The molecule has 2 aliphatic rings. The topological polar surface area (TPSA) is 46.1 Å². The lowest BCUT2D eigenvalue weighted by atomic mass is 10.2. The van der Waals surface area contributed by atoms with Crippen LogP contribution >= 0.6 is 12.2 Å².